The Morgan fingerprint density at radius 3 is 1.94 bits per heavy atom. The van der Waals surface area contributed by atoms with Gasteiger partial charge >= 0.3 is 0 Å². The normalized spacial score (nSPS) is 10.9. The first-order valence-electron chi connectivity index (χ1n) is 6.60. The number of hydrogen-bond acceptors (Lipinski definition) is 1. The van der Waals surface area contributed by atoms with E-state index in [-0.39, 0.29) is 0 Å². The molecule has 0 fully saturated rings. The fourth-order valence-electron chi connectivity index (χ4n) is 2.80. The second-order valence-corrected chi connectivity index (χ2v) is 5.05. The highest BCUT2D eigenvalue weighted by molar-refractivity contribution is 5.50. The number of hydrogen-bond donors (Lipinski definition) is 0. The smallest absolute Gasteiger partial charge is 0.0949 e. The molecule has 2 nitrogen and oxygen atoms in total. The summed E-state index contributed by atoms with van der Waals surface area (Å²) < 4.78 is 2.14. The number of rotatable bonds is 3. The van der Waals surface area contributed by atoms with Gasteiger partial charge in [0.15, 0.2) is 0 Å². The van der Waals surface area contributed by atoms with E-state index in [9.17, 15) is 0 Å². The number of benzene rings is 1. The van der Waals surface area contributed by atoms with Gasteiger partial charge in [0.05, 0.1) is 6.33 Å². The minimum atomic E-state index is 0.920. The summed E-state index contributed by atoms with van der Waals surface area (Å²) in [5.74, 6) is 0. The van der Waals surface area contributed by atoms with Crippen LogP contribution < -0.4 is 0 Å². The second kappa shape index (κ2) is 4.97. The molecule has 0 unspecified atom stereocenters. The molecule has 18 heavy (non-hydrogen) atoms. The molecule has 0 spiro atoms. The Kier molecular flexibility index (Phi) is 3.55. The molecule has 0 aliphatic rings. The molecular formula is C16H22N2. The zero-order chi connectivity index (χ0) is 13.3. The zero-order valence-electron chi connectivity index (χ0n) is 12.0. The predicted molar refractivity (Wildman–Crippen MR) is 76.1 cm³/mol. The van der Waals surface area contributed by atoms with Crippen molar-refractivity contribution in [1.29, 1.82) is 0 Å². The lowest BCUT2D eigenvalue weighted by atomic mass is 9.88. The molecule has 0 bridgehead atoms. The monoisotopic (exact) mass is 242 g/mol. The zero-order valence-corrected chi connectivity index (χ0v) is 12.0. The molecular weight excluding hydrogens is 220 g/mol. The highest BCUT2D eigenvalue weighted by Crippen LogP contribution is 2.27. The molecule has 2 heteroatoms. The first-order valence-corrected chi connectivity index (χ1v) is 6.60. The van der Waals surface area contributed by atoms with E-state index in [0.29, 0.717) is 0 Å². The highest BCUT2D eigenvalue weighted by atomic mass is 15.0. The Morgan fingerprint density at radius 2 is 1.50 bits per heavy atom. The van der Waals surface area contributed by atoms with Crippen LogP contribution in [0.25, 0.3) is 0 Å². The summed E-state index contributed by atoms with van der Waals surface area (Å²) >= 11 is 0. The Balaban J connectivity index is 2.54. The van der Waals surface area contributed by atoms with Gasteiger partial charge in [-0.2, -0.15) is 0 Å². The van der Waals surface area contributed by atoms with Gasteiger partial charge in [0, 0.05) is 18.9 Å². The fourth-order valence-corrected chi connectivity index (χ4v) is 2.80. The van der Waals surface area contributed by atoms with Crippen LogP contribution in [0.3, 0.4) is 0 Å². The molecule has 96 valence electrons. The minimum absolute atomic E-state index is 0.920. The molecule has 0 radical (unpaired) electrons. The standard InChI is InChI=1S/C16H22N2/c1-6-15-11(2)13(4)16(14(5)12(15)3)9-18-8-7-17-10-18/h7-8,10H,6,9H2,1-5H3. The molecule has 0 saturated heterocycles. The van der Waals surface area contributed by atoms with Crippen molar-refractivity contribution in [2.24, 2.45) is 0 Å². The van der Waals surface area contributed by atoms with Crippen molar-refractivity contribution in [3.05, 3.63) is 52.1 Å². The summed E-state index contributed by atoms with van der Waals surface area (Å²) in [7, 11) is 0. The van der Waals surface area contributed by atoms with E-state index in [1.165, 1.54) is 33.4 Å². The summed E-state index contributed by atoms with van der Waals surface area (Å²) in [5, 5.41) is 0. The van der Waals surface area contributed by atoms with Gasteiger partial charge in [-0.05, 0) is 67.5 Å². The third kappa shape index (κ3) is 2.07. The molecule has 0 saturated carbocycles. The molecule has 2 aromatic rings. The lowest BCUT2D eigenvalue weighted by Crippen LogP contribution is -2.08. The first kappa shape index (κ1) is 12.9. The van der Waals surface area contributed by atoms with Crippen LogP contribution in [0.15, 0.2) is 18.7 Å². The van der Waals surface area contributed by atoms with Crippen LogP contribution in [-0.4, -0.2) is 9.55 Å². The average molecular weight is 242 g/mol. The molecule has 0 aliphatic heterocycles. The van der Waals surface area contributed by atoms with Gasteiger partial charge in [-0.1, -0.05) is 6.92 Å². The van der Waals surface area contributed by atoms with Crippen molar-refractivity contribution >= 4 is 0 Å². The molecule has 2 rings (SSSR count). The Bertz CT molecular complexity index is 522. The Morgan fingerprint density at radius 1 is 0.944 bits per heavy atom. The van der Waals surface area contributed by atoms with E-state index >= 15 is 0 Å². The van der Waals surface area contributed by atoms with Crippen LogP contribution >= 0.6 is 0 Å². The van der Waals surface area contributed by atoms with E-state index in [0.717, 1.165) is 13.0 Å². The largest absolute Gasteiger partial charge is 0.333 e. The summed E-state index contributed by atoms with van der Waals surface area (Å²) in [6, 6.07) is 0. The lowest BCUT2D eigenvalue weighted by Gasteiger charge is -2.20. The quantitative estimate of drug-likeness (QED) is 0.802. The summed E-state index contributed by atoms with van der Waals surface area (Å²) in [6.07, 6.45) is 6.87. The van der Waals surface area contributed by atoms with Gasteiger partial charge in [0.25, 0.3) is 0 Å². The van der Waals surface area contributed by atoms with Crippen LogP contribution in [0.4, 0.5) is 0 Å². The molecule has 0 N–H and O–H groups in total. The third-order valence-corrected chi connectivity index (χ3v) is 4.19. The molecule has 1 heterocycles. The van der Waals surface area contributed by atoms with Gasteiger partial charge in [0.1, 0.15) is 0 Å². The number of imidazole rings is 1. The maximum atomic E-state index is 4.12. The van der Waals surface area contributed by atoms with E-state index in [1.807, 2.05) is 18.7 Å². The Labute approximate surface area is 110 Å². The Hall–Kier alpha value is -1.57. The summed E-state index contributed by atoms with van der Waals surface area (Å²) in [4.78, 5) is 4.12. The van der Waals surface area contributed by atoms with Crippen molar-refractivity contribution in [3.63, 3.8) is 0 Å². The van der Waals surface area contributed by atoms with Gasteiger partial charge < -0.3 is 4.57 Å². The molecule has 0 amide bonds. The fraction of sp³-hybridized carbons (Fsp3) is 0.438. The maximum Gasteiger partial charge on any atom is 0.0949 e. The molecule has 0 aliphatic carbocycles. The number of nitrogens with zero attached hydrogens (tertiary/aromatic N) is 2. The van der Waals surface area contributed by atoms with Gasteiger partial charge in [-0.3, -0.25) is 0 Å². The van der Waals surface area contributed by atoms with Crippen LogP contribution in [-0.2, 0) is 13.0 Å². The maximum absolute atomic E-state index is 4.12. The van der Waals surface area contributed by atoms with Crippen molar-refractivity contribution in [2.45, 2.75) is 47.6 Å². The van der Waals surface area contributed by atoms with Crippen LogP contribution in [0.1, 0.15) is 40.3 Å². The van der Waals surface area contributed by atoms with Crippen molar-refractivity contribution in [2.75, 3.05) is 0 Å². The second-order valence-electron chi connectivity index (χ2n) is 5.05. The van der Waals surface area contributed by atoms with Gasteiger partial charge in [-0.25, -0.2) is 4.98 Å². The van der Waals surface area contributed by atoms with Crippen molar-refractivity contribution in [3.8, 4) is 0 Å². The molecule has 1 aromatic heterocycles. The van der Waals surface area contributed by atoms with E-state index in [4.69, 9.17) is 0 Å². The number of aromatic nitrogens is 2. The van der Waals surface area contributed by atoms with Crippen LogP contribution in [0.2, 0.25) is 0 Å². The lowest BCUT2D eigenvalue weighted by molar-refractivity contribution is 0.781. The summed E-state index contributed by atoms with van der Waals surface area (Å²) in [6.45, 7) is 12.1. The van der Waals surface area contributed by atoms with E-state index < -0.39 is 0 Å². The van der Waals surface area contributed by atoms with Crippen molar-refractivity contribution in [1.82, 2.24) is 9.55 Å². The third-order valence-electron chi connectivity index (χ3n) is 4.19. The summed E-state index contributed by atoms with van der Waals surface area (Å²) in [5.41, 5.74) is 8.73. The van der Waals surface area contributed by atoms with Gasteiger partial charge in [0.2, 0.25) is 0 Å². The van der Waals surface area contributed by atoms with Crippen LogP contribution in [0, 0.1) is 27.7 Å². The van der Waals surface area contributed by atoms with E-state index in [1.54, 1.807) is 0 Å². The van der Waals surface area contributed by atoms with Crippen molar-refractivity contribution < 1.29 is 0 Å². The topological polar surface area (TPSA) is 17.8 Å². The molecule has 1 aromatic carbocycles. The SMILES string of the molecule is CCc1c(C)c(C)c(Cn2ccnc2)c(C)c1C. The highest BCUT2D eigenvalue weighted by Gasteiger charge is 2.13. The van der Waals surface area contributed by atoms with Gasteiger partial charge in [-0.15, -0.1) is 0 Å². The predicted octanol–water partition coefficient (Wildman–Crippen LogP) is 3.73. The van der Waals surface area contributed by atoms with E-state index in [2.05, 4.69) is 44.2 Å². The minimum Gasteiger partial charge on any atom is -0.333 e. The average Bonchev–Trinajstić information content (AvgIpc) is 2.86. The first-order chi connectivity index (χ1) is 8.56. The van der Waals surface area contributed by atoms with Crippen LogP contribution in [0.5, 0.6) is 0 Å². The molecule has 0 atom stereocenters.